The van der Waals surface area contributed by atoms with Gasteiger partial charge in [0.1, 0.15) is 0 Å². The van der Waals surface area contributed by atoms with Crippen LogP contribution in [-0.2, 0) is 4.79 Å². The molecular weight excluding hydrogens is 246 g/mol. The van der Waals surface area contributed by atoms with E-state index >= 15 is 0 Å². The van der Waals surface area contributed by atoms with Gasteiger partial charge in [-0.25, -0.2) is 0 Å². The molecule has 106 valence electrons. The number of hydrogen-bond acceptors (Lipinski definition) is 1. The van der Waals surface area contributed by atoms with Crippen LogP contribution in [-0.4, -0.2) is 5.91 Å². The number of nitrogens with one attached hydrogen (secondary N) is 1. The number of anilines is 1. The third-order valence-electron chi connectivity index (χ3n) is 4.82. The molecule has 2 aliphatic rings. The lowest BCUT2D eigenvalue weighted by atomic mass is 10.1. The second-order valence-electron chi connectivity index (χ2n) is 6.27. The highest BCUT2D eigenvalue weighted by Gasteiger charge is 2.52. The van der Waals surface area contributed by atoms with Crippen molar-refractivity contribution in [1.82, 2.24) is 0 Å². The van der Waals surface area contributed by atoms with Crippen molar-refractivity contribution < 1.29 is 4.79 Å². The molecule has 2 nitrogen and oxygen atoms in total. The molecule has 1 N–H and O–H groups in total. The van der Waals surface area contributed by atoms with E-state index < -0.39 is 0 Å². The Balaban J connectivity index is 1.66. The van der Waals surface area contributed by atoms with Gasteiger partial charge in [0, 0.05) is 11.6 Å². The zero-order chi connectivity index (χ0) is 14.1. The predicted octanol–water partition coefficient (Wildman–Crippen LogP) is 4.23. The minimum Gasteiger partial charge on any atom is -0.326 e. The van der Waals surface area contributed by atoms with Gasteiger partial charge in [-0.05, 0) is 68.2 Å². The lowest BCUT2D eigenvalue weighted by Gasteiger charge is -2.07. The highest BCUT2D eigenvalue weighted by molar-refractivity contribution is 5.95. The molecular formula is C18H23NO. The van der Waals surface area contributed by atoms with Crippen LogP contribution < -0.4 is 5.32 Å². The first-order valence-electron chi connectivity index (χ1n) is 7.71. The Bertz CT molecular complexity index is 546. The van der Waals surface area contributed by atoms with E-state index in [1.165, 1.54) is 36.8 Å². The summed E-state index contributed by atoms with van der Waals surface area (Å²) in [6, 6.07) is 6.13. The molecule has 0 radical (unpaired) electrons. The Morgan fingerprint density at radius 2 is 2.05 bits per heavy atom. The second-order valence-corrected chi connectivity index (χ2v) is 6.27. The molecule has 1 aromatic carbocycles. The van der Waals surface area contributed by atoms with Crippen LogP contribution in [0.1, 0.15) is 36.8 Å². The molecule has 20 heavy (non-hydrogen) atoms. The van der Waals surface area contributed by atoms with Crippen LogP contribution in [0, 0.1) is 31.6 Å². The summed E-state index contributed by atoms with van der Waals surface area (Å²) in [6.07, 6.45) is 9.45. The molecule has 3 atom stereocenters. The Hall–Kier alpha value is -1.57. The Kier molecular flexibility index (Phi) is 3.64. The summed E-state index contributed by atoms with van der Waals surface area (Å²) in [6.45, 7) is 4.17. The molecule has 0 heterocycles. The van der Waals surface area contributed by atoms with Gasteiger partial charge in [0.25, 0.3) is 0 Å². The molecule has 0 aromatic heterocycles. The zero-order valence-electron chi connectivity index (χ0n) is 12.4. The van der Waals surface area contributed by atoms with E-state index in [4.69, 9.17) is 0 Å². The van der Waals surface area contributed by atoms with E-state index in [1.807, 2.05) is 6.07 Å². The normalized spacial score (nSPS) is 29.8. The van der Waals surface area contributed by atoms with Gasteiger partial charge in [0.05, 0.1) is 0 Å². The summed E-state index contributed by atoms with van der Waals surface area (Å²) in [5, 5.41) is 3.10. The first-order valence-corrected chi connectivity index (χ1v) is 7.71. The minimum atomic E-state index is 0.200. The maximum absolute atomic E-state index is 12.4. The number of aryl methyl sites for hydroxylation is 2. The van der Waals surface area contributed by atoms with Crippen LogP contribution >= 0.6 is 0 Å². The number of carbonyl (C=O) groups is 1. The van der Waals surface area contributed by atoms with Gasteiger partial charge in [-0.15, -0.1) is 0 Å². The van der Waals surface area contributed by atoms with Crippen molar-refractivity contribution in [2.75, 3.05) is 5.32 Å². The molecule has 2 heteroatoms. The summed E-state index contributed by atoms with van der Waals surface area (Å²) >= 11 is 0. The summed E-state index contributed by atoms with van der Waals surface area (Å²) in [5.41, 5.74) is 3.42. The molecule has 3 unspecified atom stereocenters. The molecule has 3 rings (SSSR count). The molecule has 0 saturated heterocycles. The average molecular weight is 269 g/mol. The van der Waals surface area contributed by atoms with Gasteiger partial charge < -0.3 is 5.32 Å². The van der Waals surface area contributed by atoms with Crippen molar-refractivity contribution in [2.24, 2.45) is 17.8 Å². The van der Waals surface area contributed by atoms with Crippen LogP contribution in [0.5, 0.6) is 0 Å². The van der Waals surface area contributed by atoms with E-state index in [-0.39, 0.29) is 11.8 Å². The zero-order valence-corrected chi connectivity index (χ0v) is 12.4. The standard InChI is InChI=1S/C18H23NO/c1-12-9-10-14(11-13(12)2)19-18(20)17-15-7-5-3-4-6-8-16(15)17/h5,7,9-11,15-17H,3-4,6,8H2,1-2H3,(H,19,20)/b7-5-. The SMILES string of the molecule is Cc1ccc(NC(=O)C2C3/C=C\CCCCC32)cc1C. The third kappa shape index (κ3) is 2.65. The first-order chi connectivity index (χ1) is 9.66. The fourth-order valence-corrected chi connectivity index (χ4v) is 3.34. The van der Waals surface area contributed by atoms with Gasteiger partial charge in [-0.1, -0.05) is 24.6 Å². The molecule has 1 amide bonds. The van der Waals surface area contributed by atoms with Crippen LogP contribution in [0.4, 0.5) is 5.69 Å². The maximum Gasteiger partial charge on any atom is 0.228 e. The van der Waals surface area contributed by atoms with E-state index in [1.54, 1.807) is 0 Å². The number of hydrogen-bond donors (Lipinski definition) is 1. The molecule has 0 spiro atoms. The van der Waals surface area contributed by atoms with E-state index in [2.05, 4.69) is 43.4 Å². The summed E-state index contributed by atoms with van der Waals surface area (Å²) in [4.78, 5) is 12.4. The number of benzene rings is 1. The van der Waals surface area contributed by atoms with Crippen LogP contribution in [0.15, 0.2) is 30.4 Å². The molecule has 1 aromatic rings. The number of fused-ring (bicyclic) bond motifs is 1. The third-order valence-corrected chi connectivity index (χ3v) is 4.82. The molecule has 1 fully saturated rings. The van der Waals surface area contributed by atoms with Crippen LogP contribution in [0.25, 0.3) is 0 Å². The molecule has 1 saturated carbocycles. The largest absolute Gasteiger partial charge is 0.326 e. The summed E-state index contributed by atoms with van der Waals surface area (Å²) in [7, 11) is 0. The Morgan fingerprint density at radius 3 is 2.85 bits per heavy atom. The van der Waals surface area contributed by atoms with Gasteiger partial charge in [0.15, 0.2) is 0 Å². The topological polar surface area (TPSA) is 29.1 Å². The van der Waals surface area contributed by atoms with Gasteiger partial charge in [-0.2, -0.15) is 0 Å². The lowest BCUT2D eigenvalue weighted by molar-refractivity contribution is -0.117. The lowest BCUT2D eigenvalue weighted by Crippen LogP contribution is -2.15. The number of allylic oxidation sites excluding steroid dienone is 2. The van der Waals surface area contributed by atoms with Crippen molar-refractivity contribution in [3.8, 4) is 0 Å². The Morgan fingerprint density at radius 1 is 1.20 bits per heavy atom. The highest BCUT2D eigenvalue weighted by atomic mass is 16.2. The summed E-state index contributed by atoms with van der Waals surface area (Å²) < 4.78 is 0. The molecule has 2 aliphatic carbocycles. The number of rotatable bonds is 2. The predicted molar refractivity (Wildman–Crippen MR) is 82.6 cm³/mol. The first kappa shape index (κ1) is 13.4. The van der Waals surface area contributed by atoms with Crippen molar-refractivity contribution in [3.63, 3.8) is 0 Å². The van der Waals surface area contributed by atoms with Gasteiger partial charge in [0.2, 0.25) is 5.91 Å². The van der Waals surface area contributed by atoms with Crippen molar-refractivity contribution in [3.05, 3.63) is 41.5 Å². The second kappa shape index (κ2) is 5.43. The highest BCUT2D eigenvalue weighted by Crippen LogP contribution is 2.51. The number of amides is 1. The monoisotopic (exact) mass is 269 g/mol. The van der Waals surface area contributed by atoms with E-state index in [0.29, 0.717) is 11.8 Å². The maximum atomic E-state index is 12.4. The van der Waals surface area contributed by atoms with Crippen molar-refractivity contribution in [1.29, 1.82) is 0 Å². The smallest absolute Gasteiger partial charge is 0.228 e. The number of carbonyl (C=O) groups excluding carboxylic acids is 1. The Labute approximate surface area is 121 Å². The average Bonchev–Trinajstić information content (AvgIpc) is 3.05. The molecule has 0 aliphatic heterocycles. The van der Waals surface area contributed by atoms with Gasteiger partial charge >= 0.3 is 0 Å². The van der Waals surface area contributed by atoms with Crippen LogP contribution in [0.3, 0.4) is 0 Å². The van der Waals surface area contributed by atoms with E-state index in [9.17, 15) is 4.79 Å². The summed E-state index contributed by atoms with van der Waals surface area (Å²) in [5.74, 6) is 1.47. The van der Waals surface area contributed by atoms with Gasteiger partial charge in [-0.3, -0.25) is 4.79 Å². The van der Waals surface area contributed by atoms with Crippen molar-refractivity contribution >= 4 is 11.6 Å². The fraction of sp³-hybridized carbons (Fsp3) is 0.500. The van der Waals surface area contributed by atoms with Crippen LogP contribution in [0.2, 0.25) is 0 Å². The van der Waals surface area contributed by atoms with E-state index in [0.717, 1.165) is 5.69 Å². The fourth-order valence-electron chi connectivity index (χ4n) is 3.34. The minimum absolute atomic E-state index is 0.200. The molecule has 0 bridgehead atoms. The van der Waals surface area contributed by atoms with Crippen molar-refractivity contribution in [2.45, 2.75) is 39.5 Å². The quantitative estimate of drug-likeness (QED) is 0.800.